The highest BCUT2D eigenvalue weighted by atomic mass is 35.5. The van der Waals surface area contributed by atoms with Crippen molar-refractivity contribution in [2.45, 2.75) is 24.5 Å². The second-order valence-electron chi connectivity index (χ2n) is 5.71. The number of anilines is 2. The smallest absolute Gasteiger partial charge is 0.229 e. The SMILES string of the molecule is CC(O)CN=C/C(=C\N)Nc1ncc(Cl)c(NCc2cc(SN)ccc2F)n1. The first-order chi connectivity index (χ1) is 13.4. The topological polar surface area (TPSA) is 134 Å². The molecule has 0 spiro atoms. The number of benzene rings is 1. The van der Waals surface area contributed by atoms with Crippen LogP contribution in [0, 0.1) is 5.82 Å². The molecule has 1 heterocycles. The van der Waals surface area contributed by atoms with E-state index in [0.29, 0.717) is 17.1 Å². The maximum atomic E-state index is 14.0. The molecule has 0 saturated heterocycles. The van der Waals surface area contributed by atoms with E-state index in [9.17, 15) is 9.50 Å². The summed E-state index contributed by atoms with van der Waals surface area (Å²) in [4.78, 5) is 13.1. The third-order valence-electron chi connectivity index (χ3n) is 3.38. The molecule has 0 aliphatic carbocycles. The number of nitrogens with one attached hydrogen (secondary N) is 2. The van der Waals surface area contributed by atoms with Gasteiger partial charge in [-0.05, 0) is 37.1 Å². The Bertz CT molecular complexity index is 863. The van der Waals surface area contributed by atoms with E-state index in [-0.39, 0.29) is 29.9 Å². The van der Waals surface area contributed by atoms with Gasteiger partial charge in [-0.15, -0.1) is 0 Å². The van der Waals surface area contributed by atoms with Gasteiger partial charge in [0.05, 0.1) is 24.5 Å². The zero-order valence-corrected chi connectivity index (χ0v) is 16.6. The first-order valence-electron chi connectivity index (χ1n) is 8.21. The Balaban J connectivity index is 2.09. The molecule has 28 heavy (non-hydrogen) atoms. The number of aliphatic hydroxyl groups is 1. The number of hydrogen-bond acceptors (Lipinski definition) is 9. The van der Waals surface area contributed by atoms with Crippen LogP contribution in [0.3, 0.4) is 0 Å². The van der Waals surface area contributed by atoms with E-state index < -0.39 is 6.10 Å². The fourth-order valence-electron chi connectivity index (χ4n) is 2.04. The molecule has 1 aromatic carbocycles. The Morgan fingerprint density at radius 3 is 2.96 bits per heavy atom. The highest BCUT2D eigenvalue weighted by Gasteiger charge is 2.09. The number of aliphatic hydroxyl groups excluding tert-OH is 1. The van der Waals surface area contributed by atoms with Crippen molar-refractivity contribution in [3.8, 4) is 0 Å². The molecule has 1 atom stereocenters. The fourth-order valence-corrected chi connectivity index (χ4v) is 2.55. The average Bonchev–Trinajstić information content (AvgIpc) is 2.68. The van der Waals surface area contributed by atoms with Crippen molar-refractivity contribution in [2.24, 2.45) is 15.9 Å². The van der Waals surface area contributed by atoms with Crippen LogP contribution in [0.1, 0.15) is 12.5 Å². The van der Waals surface area contributed by atoms with Gasteiger partial charge in [0.2, 0.25) is 5.95 Å². The monoisotopic (exact) mass is 425 g/mol. The second kappa shape index (κ2) is 10.8. The maximum absolute atomic E-state index is 14.0. The standard InChI is InChI=1S/C17H21ClFN7OS/c1-10(27)6-22-8-12(5-20)25-17-24-9-14(18)16(26-17)23-7-11-4-13(28-21)2-3-15(11)19/h2-5,8-10,27H,6-7,20-21H2,1H3,(H2,23,24,25,26)/b12-5+,22-8?. The Morgan fingerprint density at radius 2 is 2.29 bits per heavy atom. The molecule has 2 aromatic rings. The zero-order valence-electron chi connectivity index (χ0n) is 15.1. The zero-order chi connectivity index (χ0) is 20.5. The summed E-state index contributed by atoms with van der Waals surface area (Å²) in [7, 11) is 0. The number of nitrogens with zero attached hydrogens (tertiary/aromatic N) is 3. The summed E-state index contributed by atoms with van der Waals surface area (Å²) in [6.45, 7) is 2.02. The molecule has 0 aliphatic heterocycles. The molecule has 2 rings (SSSR count). The lowest BCUT2D eigenvalue weighted by Crippen LogP contribution is -2.11. The van der Waals surface area contributed by atoms with Crippen LogP contribution < -0.4 is 21.5 Å². The van der Waals surface area contributed by atoms with E-state index in [1.165, 1.54) is 24.7 Å². The summed E-state index contributed by atoms with van der Waals surface area (Å²) in [6.07, 6.45) is 3.60. The minimum atomic E-state index is -0.561. The molecule has 8 nitrogen and oxygen atoms in total. The van der Waals surface area contributed by atoms with Crippen LogP contribution in [-0.4, -0.2) is 33.9 Å². The van der Waals surface area contributed by atoms with Crippen molar-refractivity contribution >= 4 is 41.5 Å². The van der Waals surface area contributed by atoms with Crippen molar-refractivity contribution in [3.63, 3.8) is 0 Å². The number of halogens is 2. The van der Waals surface area contributed by atoms with E-state index in [1.54, 1.807) is 19.1 Å². The highest BCUT2D eigenvalue weighted by Crippen LogP contribution is 2.22. The lowest BCUT2D eigenvalue weighted by atomic mass is 10.2. The van der Waals surface area contributed by atoms with Crippen LogP contribution in [-0.2, 0) is 6.54 Å². The van der Waals surface area contributed by atoms with Crippen LogP contribution in [0.5, 0.6) is 0 Å². The predicted octanol–water partition coefficient (Wildman–Crippen LogP) is 2.51. The van der Waals surface area contributed by atoms with Crippen molar-refractivity contribution in [2.75, 3.05) is 17.2 Å². The van der Waals surface area contributed by atoms with Gasteiger partial charge < -0.3 is 21.5 Å². The lowest BCUT2D eigenvalue weighted by Gasteiger charge is -2.11. The number of aromatic nitrogens is 2. The summed E-state index contributed by atoms with van der Waals surface area (Å²) in [5.41, 5.74) is 6.42. The summed E-state index contributed by atoms with van der Waals surface area (Å²) < 4.78 is 14.0. The van der Waals surface area contributed by atoms with Crippen LogP contribution in [0.4, 0.5) is 16.2 Å². The normalized spacial score (nSPS) is 13.0. The van der Waals surface area contributed by atoms with Gasteiger partial charge in [-0.25, -0.2) is 9.37 Å². The van der Waals surface area contributed by atoms with Crippen molar-refractivity contribution in [1.82, 2.24) is 9.97 Å². The van der Waals surface area contributed by atoms with Gasteiger partial charge in [-0.2, -0.15) is 4.98 Å². The van der Waals surface area contributed by atoms with Crippen molar-refractivity contribution in [3.05, 3.63) is 52.7 Å². The molecule has 0 fully saturated rings. The van der Waals surface area contributed by atoms with Crippen LogP contribution in [0.15, 0.2) is 46.2 Å². The third-order valence-corrected chi connectivity index (χ3v) is 4.18. The number of rotatable bonds is 9. The first kappa shape index (κ1) is 21.9. The summed E-state index contributed by atoms with van der Waals surface area (Å²) in [5, 5.41) is 20.9. The molecule has 0 amide bonds. The molecule has 0 saturated carbocycles. The van der Waals surface area contributed by atoms with Gasteiger partial charge in [-0.3, -0.25) is 10.1 Å². The molecule has 1 unspecified atom stereocenters. The molecule has 0 bridgehead atoms. The number of nitrogens with two attached hydrogens (primary N) is 2. The summed E-state index contributed by atoms with van der Waals surface area (Å²) in [5.74, 6) is 0.178. The third kappa shape index (κ3) is 6.64. The van der Waals surface area contributed by atoms with Gasteiger partial charge in [-0.1, -0.05) is 11.6 Å². The van der Waals surface area contributed by atoms with Gasteiger partial charge in [0.25, 0.3) is 0 Å². The van der Waals surface area contributed by atoms with E-state index >= 15 is 0 Å². The Kier molecular flexibility index (Phi) is 8.45. The minimum absolute atomic E-state index is 0.159. The van der Waals surface area contributed by atoms with Crippen molar-refractivity contribution in [1.29, 1.82) is 0 Å². The molecule has 7 N–H and O–H groups in total. The molecule has 1 aromatic heterocycles. The second-order valence-corrected chi connectivity index (χ2v) is 6.82. The quantitative estimate of drug-likeness (QED) is 0.305. The summed E-state index contributed by atoms with van der Waals surface area (Å²) >= 11 is 7.16. The number of allylic oxidation sites excluding steroid dienone is 1. The lowest BCUT2D eigenvalue weighted by molar-refractivity contribution is 0.204. The summed E-state index contributed by atoms with van der Waals surface area (Å²) in [6, 6.07) is 4.60. The van der Waals surface area contributed by atoms with Crippen LogP contribution in [0.25, 0.3) is 0 Å². The van der Waals surface area contributed by atoms with Crippen LogP contribution >= 0.6 is 23.5 Å². The number of hydrogen-bond donors (Lipinski definition) is 5. The van der Waals surface area contributed by atoms with Gasteiger partial charge in [0, 0.05) is 29.4 Å². The molecule has 11 heteroatoms. The highest BCUT2D eigenvalue weighted by molar-refractivity contribution is 7.97. The Hall–Kier alpha value is -2.40. The predicted molar refractivity (Wildman–Crippen MR) is 112 cm³/mol. The fraction of sp³-hybridized carbons (Fsp3) is 0.235. The van der Waals surface area contributed by atoms with E-state index in [0.717, 1.165) is 16.8 Å². The Morgan fingerprint density at radius 1 is 1.50 bits per heavy atom. The molecule has 0 aliphatic rings. The van der Waals surface area contributed by atoms with Gasteiger partial charge in [0.15, 0.2) is 5.82 Å². The first-order valence-corrected chi connectivity index (χ1v) is 9.47. The maximum Gasteiger partial charge on any atom is 0.229 e. The van der Waals surface area contributed by atoms with Crippen LogP contribution in [0.2, 0.25) is 5.02 Å². The van der Waals surface area contributed by atoms with Gasteiger partial charge in [0.1, 0.15) is 10.8 Å². The van der Waals surface area contributed by atoms with E-state index in [1.807, 2.05) is 0 Å². The molecule has 150 valence electrons. The van der Waals surface area contributed by atoms with Gasteiger partial charge >= 0.3 is 0 Å². The molecule has 0 radical (unpaired) electrons. The number of aliphatic imine (C=N–C) groups is 1. The molecular formula is C17H21ClFN7OS. The minimum Gasteiger partial charge on any atom is -0.403 e. The van der Waals surface area contributed by atoms with E-state index in [4.69, 9.17) is 22.5 Å². The average molecular weight is 426 g/mol. The van der Waals surface area contributed by atoms with E-state index in [2.05, 4.69) is 25.6 Å². The largest absolute Gasteiger partial charge is 0.403 e. The van der Waals surface area contributed by atoms with Crippen molar-refractivity contribution < 1.29 is 9.50 Å². The Labute approximate surface area is 171 Å². The molecular weight excluding hydrogens is 405 g/mol.